The molecule has 2 fully saturated rings. The summed E-state index contributed by atoms with van der Waals surface area (Å²) in [6.45, 7) is 4.27. The minimum absolute atomic E-state index is 0.112. The van der Waals surface area contributed by atoms with Crippen molar-refractivity contribution in [3.05, 3.63) is 35.9 Å². The first-order valence-corrected chi connectivity index (χ1v) is 8.51. The second-order valence-corrected chi connectivity index (χ2v) is 6.75. The molecule has 1 aliphatic carbocycles. The van der Waals surface area contributed by atoms with Gasteiger partial charge in [-0.25, -0.2) is 4.79 Å². The van der Waals surface area contributed by atoms with Crippen molar-refractivity contribution in [2.24, 2.45) is 5.73 Å². The van der Waals surface area contributed by atoms with Crippen molar-refractivity contribution in [1.82, 2.24) is 0 Å². The molecule has 2 aliphatic rings. The number of ether oxygens (including phenoxy) is 5. The zero-order chi connectivity index (χ0) is 17.9. The highest BCUT2D eigenvalue weighted by atomic mass is 16.8. The standard InChI is InChI=1S/C18H25NO6/c1-18(2)24-15-13(19)10-14(16(15)25-18)21-8-9-22-17(20)23-11-12-6-4-3-5-7-12/h3-7,13-16H,8-11,19H2,1-2H3/t13-,14+,15+,16-/m1/s1. The molecule has 25 heavy (non-hydrogen) atoms. The fraction of sp³-hybridized carbons (Fsp3) is 0.611. The van der Waals surface area contributed by atoms with E-state index in [1.807, 2.05) is 44.2 Å². The van der Waals surface area contributed by atoms with Gasteiger partial charge in [0.25, 0.3) is 0 Å². The first-order valence-electron chi connectivity index (χ1n) is 8.51. The van der Waals surface area contributed by atoms with Crippen LogP contribution in [0.1, 0.15) is 25.8 Å². The Morgan fingerprint density at radius 1 is 1.16 bits per heavy atom. The minimum Gasteiger partial charge on any atom is -0.432 e. The van der Waals surface area contributed by atoms with Crippen LogP contribution in [-0.2, 0) is 30.3 Å². The Morgan fingerprint density at radius 3 is 2.64 bits per heavy atom. The van der Waals surface area contributed by atoms with Crippen molar-refractivity contribution in [3.8, 4) is 0 Å². The van der Waals surface area contributed by atoms with Gasteiger partial charge >= 0.3 is 6.16 Å². The summed E-state index contributed by atoms with van der Waals surface area (Å²) in [5, 5.41) is 0. The molecule has 4 atom stereocenters. The van der Waals surface area contributed by atoms with E-state index in [0.29, 0.717) is 6.42 Å². The predicted octanol–water partition coefficient (Wildman–Crippen LogP) is 1.98. The summed E-state index contributed by atoms with van der Waals surface area (Å²) in [6.07, 6.45) is -0.559. The number of benzene rings is 1. The number of carbonyl (C=O) groups excluding carboxylic acids is 1. The van der Waals surface area contributed by atoms with Gasteiger partial charge in [-0.3, -0.25) is 0 Å². The van der Waals surface area contributed by atoms with Crippen molar-refractivity contribution in [2.45, 2.75) is 57.0 Å². The molecule has 2 N–H and O–H groups in total. The first kappa shape index (κ1) is 18.1. The maximum Gasteiger partial charge on any atom is 0.508 e. The maximum atomic E-state index is 11.6. The van der Waals surface area contributed by atoms with E-state index < -0.39 is 11.9 Å². The molecule has 1 aromatic rings. The molecule has 0 aromatic heterocycles. The Labute approximate surface area is 147 Å². The van der Waals surface area contributed by atoms with Crippen molar-refractivity contribution in [3.63, 3.8) is 0 Å². The maximum absolute atomic E-state index is 11.6. The molecule has 0 unspecified atom stereocenters. The van der Waals surface area contributed by atoms with Gasteiger partial charge in [0.2, 0.25) is 0 Å². The zero-order valence-electron chi connectivity index (χ0n) is 14.6. The van der Waals surface area contributed by atoms with Gasteiger partial charge in [0.15, 0.2) is 5.79 Å². The van der Waals surface area contributed by atoms with E-state index >= 15 is 0 Å². The number of hydrogen-bond acceptors (Lipinski definition) is 7. The highest BCUT2D eigenvalue weighted by Crippen LogP contribution is 2.38. The Balaban J connectivity index is 1.34. The van der Waals surface area contributed by atoms with Gasteiger partial charge < -0.3 is 29.4 Å². The SMILES string of the molecule is CC1(C)O[C@@H]2[C@H](O1)[C@@H](OCCOC(=O)OCc1ccccc1)C[C@H]2N. The molecule has 7 heteroatoms. The molecular weight excluding hydrogens is 326 g/mol. The molecule has 1 saturated heterocycles. The Hall–Kier alpha value is -1.67. The molecule has 7 nitrogen and oxygen atoms in total. The molecule has 0 radical (unpaired) electrons. The van der Waals surface area contributed by atoms with Crippen molar-refractivity contribution < 1.29 is 28.5 Å². The number of carbonyl (C=O) groups is 1. The summed E-state index contributed by atoms with van der Waals surface area (Å²) < 4.78 is 27.5. The number of nitrogens with two attached hydrogens (primary N) is 1. The second-order valence-electron chi connectivity index (χ2n) is 6.75. The summed E-state index contributed by atoms with van der Waals surface area (Å²) in [5.41, 5.74) is 6.99. The highest BCUT2D eigenvalue weighted by molar-refractivity contribution is 5.59. The molecule has 0 amide bonds. The normalized spacial score (nSPS) is 30.0. The first-order chi connectivity index (χ1) is 11.9. The van der Waals surface area contributed by atoms with E-state index in [1.54, 1.807) is 0 Å². The fourth-order valence-electron chi connectivity index (χ4n) is 3.22. The molecule has 1 saturated carbocycles. The lowest BCUT2D eigenvalue weighted by Crippen LogP contribution is -2.35. The molecule has 0 bridgehead atoms. The van der Waals surface area contributed by atoms with E-state index in [9.17, 15) is 4.79 Å². The van der Waals surface area contributed by atoms with Gasteiger partial charge in [-0.05, 0) is 25.8 Å². The van der Waals surface area contributed by atoms with Gasteiger partial charge in [0, 0.05) is 6.04 Å². The summed E-state index contributed by atoms with van der Waals surface area (Å²) in [6, 6.07) is 9.30. The molecular formula is C18H25NO6. The number of fused-ring (bicyclic) bond motifs is 1. The molecule has 1 heterocycles. The van der Waals surface area contributed by atoms with Crippen LogP contribution >= 0.6 is 0 Å². The van der Waals surface area contributed by atoms with Gasteiger partial charge in [0.1, 0.15) is 25.4 Å². The van der Waals surface area contributed by atoms with Crippen molar-refractivity contribution in [1.29, 1.82) is 0 Å². The molecule has 3 rings (SSSR count). The monoisotopic (exact) mass is 351 g/mol. The predicted molar refractivity (Wildman–Crippen MR) is 88.7 cm³/mol. The van der Waals surface area contributed by atoms with Crippen LogP contribution in [0.3, 0.4) is 0 Å². The number of rotatable bonds is 6. The van der Waals surface area contributed by atoms with Crippen LogP contribution in [0.25, 0.3) is 0 Å². The van der Waals surface area contributed by atoms with E-state index in [2.05, 4.69) is 0 Å². The summed E-state index contributed by atoms with van der Waals surface area (Å²) in [4.78, 5) is 11.6. The van der Waals surface area contributed by atoms with Crippen molar-refractivity contribution >= 4 is 6.16 Å². The summed E-state index contributed by atoms with van der Waals surface area (Å²) >= 11 is 0. The average molecular weight is 351 g/mol. The molecule has 138 valence electrons. The third kappa shape index (κ3) is 4.70. The fourth-order valence-corrected chi connectivity index (χ4v) is 3.22. The van der Waals surface area contributed by atoms with Crippen LogP contribution in [0.4, 0.5) is 4.79 Å². The lowest BCUT2D eigenvalue weighted by molar-refractivity contribution is -0.168. The second kappa shape index (κ2) is 7.70. The van der Waals surface area contributed by atoms with Crippen LogP contribution < -0.4 is 5.73 Å². The van der Waals surface area contributed by atoms with Gasteiger partial charge in [0.05, 0.1) is 12.7 Å². The van der Waals surface area contributed by atoms with Crippen LogP contribution in [-0.4, -0.2) is 49.5 Å². The van der Waals surface area contributed by atoms with E-state index in [0.717, 1.165) is 5.56 Å². The minimum atomic E-state index is -0.713. The molecule has 1 aliphatic heterocycles. The molecule has 1 aromatic carbocycles. The van der Waals surface area contributed by atoms with E-state index in [1.165, 1.54) is 0 Å². The largest absolute Gasteiger partial charge is 0.508 e. The van der Waals surface area contributed by atoms with Crippen LogP contribution in [0.2, 0.25) is 0 Å². The van der Waals surface area contributed by atoms with E-state index in [-0.39, 0.29) is 44.2 Å². The van der Waals surface area contributed by atoms with Crippen LogP contribution in [0.5, 0.6) is 0 Å². The summed E-state index contributed by atoms with van der Waals surface area (Å²) in [7, 11) is 0. The van der Waals surface area contributed by atoms with E-state index in [4.69, 9.17) is 29.4 Å². The average Bonchev–Trinajstić information content (AvgIpc) is 3.05. The zero-order valence-corrected chi connectivity index (χ0v) is 14.6. The number of hydrogen-bond donors (Lipinski definition) is 1. The summed E-state index contributed by atoms with van der Waals surface area (Å²) in [5.74, 6) is -0.646. The highest BCUT2D eigenvalue weighted by Gasteiger charge is 2.53. The Kier molecular flexibility index (Phi) is 5.58. The lowest BCUT2D eigenvalue weighted by Gasteiger charge is -2.22. The molecule has 0 spiro atoms. The smallest absolute Gasteiger partial charge is 0.432 e. The van der Waals surface area contributed by atoms with Gasteiger partial charge in [-0.15, -0.1) is 0 Å². The topological polar surface area (TPSA) is 89.2 Å². The third-order valence-electron chi connectivity index (χ3n) is 4.29. The van der Waals surface area contributed by atoms with Crippen LogP contribution in [0, 0.1) is 0 Å². The van der Waals surface area contributed by atoms with Crippen molar-refractivity contribution in [2.75, 3.05) is 13.2 Å². The Morgan fingerprint density at radius 2 is 1.88 bits per heavy atom. The lowest BCUT2D eigenvalue weighted by atomic mass is 10.2. The quantitative estimate of drug-likeness (QED) is 0.619. The van der Waals surface area contributed by atoms with Crippen LogP contribution in [0.15, 0.2) is 30.3 Å². The third-order valence-corrected chi connectivity index (χ3v) is 4.29. The van der Waals surface area contributed by atoms with Gasteiger partial charge in [-0.1, -0.05) is 30.3 Å². The Bertz CT molecular complexity index is 578. The van der Waals surface area contributed by atoms with Gasteiger partial charge in [-0.2, -0.15) is 0 Å².